The van der Waals surface area contributed by atoms with E-state index in [9.17, 15) is 0 Å². The molecule has 0 unspecified atom stereocenters. The largest absolute Gasteiger partial charge is 0.366 e. The van der Waals surface area contributed by atoms with E-state index in [1.165, 1.54) is 11.1 Å². The number of hydrogen-bond donors (Lipinski definition) is 1. The molecule has 0 atom stereocenters. The van der Waals surface area contributed by atoms with Crippen LogP contribution in [0.3, 0.4) is 0 Å². The number of fused-ring (bicyclic) bond motifs is 1. The van der Waals surface area contributed by atoms with E-state index in [1.807, 2.05) is 0 Å². The summed E-state index contributed by atoms with van der Waals surface area (Å²) < 4.78 is 1.75. The average Bonchev–Trinajstić information content (AvgIpc) is 3.01. The molecule has 0 spiro atoms. The van der Waals surface area contributed by atoms with Crippen LogP contribution in [0.25, 0.3) is 5.78 Å². The number of aryl methyl sites for hydroxylation is 1. The molecule has 0 aliphatic carbocycles. The minimum Gasteiger partial charge on any atom is -0.366 e. The SMILES string of the molecule is CCCc1cc(NCc2cccc(CN(C)C)c2)n2ncnc2n1. The maximum absolute atomic E-state index is 4.53. The molecule has 2 heterocycles. The van der Waals surface area contributed by atoms with Crippen LogP contribution < -0.4 is 5.32 Å². The van der Waals surface area contributed by atoms with E-state index >= 15 is 0 Å². The van der Waals surface area contributed by atoms with E-state index in [0.717, 1.165) is 37.4 Å². The van der Waals surface area contributed by atoms with Crippen LogP contribution >= 0.6 is 0 Å². The molecule has 3 rings (SSSR count). The second-order valence-electron chi connectivity index (χ2n) is 6.27. The van der Waals surface area contributed by atoms with Crippen molar-refractivity contribution in [1.29, 1.82) is 0 Å². The molecule has 0 aliphatic rings. The summed E-state index contributed by atoms with van der Waals surface area (Å²) in [6.45, 7) is 3.84. The molecule has 0 fully saturated rings. The van der Waals surface area contributed by atoms with Gasteiger partial charge < -0.3 is 10.2 Å². The molecule has 0 saturated heterocycles. The molecule has 6 heteroatoms. The standard InChI is InChI=1S/C18H24N6/c1-4-6-16-10-17(24-18(22-16)20-13-21-24)19-11-14-7-5-8-15(9-14)12-23(2)3/h5,7-10,13,19H,4,6,11-12H2,1-3H3. The molecule has 1 aromatic carbocycles. The summed E-state index contributed by atoms with van der Waals surface area (Å²) >= 11 is 0. The summed E-state index contributed by atoms with van der Waals surface area (Å²) in [5.74, 6) is 1.57. The summed E-state index contributed by atoms with van der Waals surface area (Å²) in [6.07, 6.45) is 3.54. The highest BCUT2D eigenvalue weighted by atomic mass is 15.3. The molecular formula is C18H24N6. The van der Waals surface area contributed by atoms with Crippen LogP contribution in [0.5, 0.6) is 0 Å². The summed E-state index contributed by atoms with van der Waals surface area (Å²) in [6, 6.07) is 10.7. The highest BCUT2D eigenvalue weighted by molar-refractivity contribution is 5.45. The van der Waals surface area contributed by atoms with Crippen LogP contribution in [0.4, 0.5) is 5.82 Å². The van der Waals surface area contributed by atoms with Gasteiger partial charge in [0.25, 0.3) is 5.78 Å². The third-order valence-electron chi connectivity index (χ3n) is 3.77. The minimum atomic E-state index is 0.643. The normalized spacial score (nSPS) is 11.3. The van der Waals surface area contributed by atoms with Crippen molar-refractivity contribution >= 4 is 11.6 Å². The molecule has 2 aromatic heterocycles. The number of benzene rings is 1. The molecule has 0 aliphatic heterocycles. The average molecular weight is 324 g/mol. The quantitative estimate of drug-likeness (QED) is 0.724. The molecule has 24 heavy (non-hydrogen) atoms. The van der Waals surface area contributed by atoms with Gasteiger partial charge in [-0.05, 0) is 31.6 Å². The van der Waals surface area contributed by atoms with Crippen LogP contribution in [0.1, 0.15) is 30.2 Å². The number of anilines is 1. The van der Waals surface area contributed by atoms with Crippen molar-refractivity contribution in [2.75, 3.05) is 19.4 Å². The van der Waals surface area contributed by atoms with Gasteiger partial charge in [-0.15, -0.1) is 0 Å². The van der Waals surface area contributed by atoms with Crippen molar-refractivity contribution in [3.63, 3.8) is 0 Å². The predicted molar refractivity (Wildman–Crippen MR) is 95.9 cm³/mol. The van der Waals surface area contributed by atoms with Crippen LogP contribution in [-0.2, 0) is 19.5 Å². The molecule has 0 bridgehead atoms. The highest BCUT2D eigenvalue weighted by Gasteiger charge is 2.07. The summed E-state index contributed by atoms with van der Waals surface area (Å²) in [4.78, 5) is 10.9. The lowest BCUT2D eigenvalue weighted by atomic mass is 10.1. The van der Waals surface area contributed by atoms with Crippen LogP contribution in [-0.4, -0.2) is 38.6 Å². The van der Waals surface area contributed by atoms with Gasteiger partial charge in [-0.3, -0.25) is 0 Å². The first kappa shape index (κ1) is 16.4. The summed E-state index contributed by atoms with van der Waals surface area (Å²) in [5, 5.41) is 7.74. The Morgan fingerprint density at radius 3 is 2.79 bits per heavy atom. The fourth-order valence-electron chi connectivity index (χ4n) is 2.77. The fourth-order valence-corrected chi connectivity index (χ4v) is 2.77. The Morgan fingerprint density at radius 2 is 2.00 bits per heavy atom. The van der Waals surface area contributed by atoms with Crippen molar-refractivity contribution < 1.29 is 0 Å². The maximum Gasteiger partial charge on any atom is 0.254 e. The topological polar surface area (TPSA) is 58.4 Å². The van der Waals surface area contributed by atoms with Gasteiger partial charge in [0.05, 0.1) is 0 Å². The van der Waals surface area contributed by atoms with Gasteiger partial charge in [0.15, 0.2) is 0 Å². The van der Waals surface area contributed by atoms with Gasteiger partial charge >= 0.3 is 0 Å². The Bertz CT molecular complexity index is 808. The van der Waals surface area contributed by atoms with Gasteiger partial charge in [-0.25, -0.2) is 4.98 Å². The Balaban J connectivity index is 1.79. The molecule has 0 amide bonds. The monoisotopic (exact) mass is 324 g/mol. The van der Waals surface area contributed by atoms with Crippen molar-refractivity contribution in [3.05, 3.63) is 53.5 Å². The number of rotatable bonds is 7. The molecule has 6 nitrogen and oxygen atoms in total. The van der Waals surface area contributed by atoms with E-state index in [0.29, 0.717) is 5.78 Å². The van der Waals surface area contributed by atoms with Crippen molar-refractivity contribution in [2.24, 2.45) is 0 Å². The number of nitrogens with one attached hydrogen (secondary N) is 1. The first-order chi connectivity index (χ1) is 11.7. The second kappa shape index (κ2) is 7.40. The number of nitrogens with zero attached hydrogens (tertiary/aromatic N) is 5. The minimum absolute atomic E-state index is 0.643. The van der Waals surface area contributed by atoms with E-state index in [2.05, 4.69) is 76.6 Å². The van der Waals surface area contributed by atoms with Crippen LogP contribution in [0, 0.1) is 0 Å². The van der Waals surface area contributed by atoms with Gasteiger partial charge in [0.2, 0.25) is 0 Å². The van der Waals surface area contributed by atoms with E-state index in [1.54, 1.807) is 10.8 Å². The lowest BCUT2D eigenvalue weighted by Crippen LogP contribution is -2.11. The van der Waals surface area contributed by atoms with Crippen molar-refractivity contribution in [1.82, 2.24) is 24.5 Å². The van der Waals surface area contributed by atoms with Crippen molar-refractivity contribution in [3.8, 4) is 0 Å². The predicted octanol–water partition coefficient (Wildman–Crippen LogP) is 2.75. The zero-order valence-corrected chi connectivity index (χ0v) is 14.5. The zero-order chi connectivity index (χ0) is 16.9. The van der Waals surface area contributed by atoms with Crippen LogP contribution in [0.15, 0.2) is 36.7 Å². The van der Waals surface area contributed by atoms with Gasteiger partial charge in [0, 0.05) is 24.8 Å². The number of aromatic nitrogens is 4. The van der Waals surface area contributed by atoms with E-state index < -0.39 is 0 Å². The Labute approximate surface area is 142 Å². The number of hydrogen-bond acceptors (Lipinski definition) is 5. The zero-order valence-electron chi connectivity index (χ0n) is 14.5. The lowest BCUT2D eigenvalue weighted by Gasteiger charge is -2.12. The molecule has 0 saturated carbocycles. The summed E-state index contributed by atoms with van der Waals surface area (Å²) in [7, 11) is 4.16. The third-order valence-corrected chi connectivity index (χ3v) is 3.77. The van der Waals surface area contributed by atoms with E-state index in [-0.39, 0.29) is 0 Å². The fraction of sp³-hybridized carbons (Fsp3) is 0.389. The van der Waals surface area contributed by atoms with Gasteiger partial charge in [0.1, 0.15) is 12.1 Å². The molecular weight excluding hydrogens is 300 g/mol. The summed E-state index contributed by atoms with van der Waals surface area (Å²) in [5.41, 5.74) is 3.60. The first-order valence-electron chi connectivity index (χ1n) is 8.32. The van der Waals surface area contributed by atoms with E-state index in [4.69, 9.17) is 0 Å². The Hall–Kier alpha value is -2.47. The Kier molecular flexibility index (Phi) is 5.05. The van der Waals surface area contributed by atoms with Crippen molar-refractivity contribution in [2.45, 2.75) is 32.9 Å². The van der Waals surface area contributed by atoms with Crippen LogP contribution in [0.2, 0.25) is 0 Å². The molecule has 126 valence electrons. The lowest BCUT2D eigenvalue weighted by molar-refractivity contribution is 0.402. The van der Waals surface area contributed by atoms with Gasteiger partial charge in [-0.2, -0.15) is 14.6 Å². The second-order valence-corrected chi connectivity index (χ2v) is 6.27. The molecule has 3 aromatic rings. The highest BCUT2D eigenvalue weighted by Crippen LogP contribution is 2.14. The molecule has 0 radical (unpaired) electrons. The molecule has 1 N–H and O–H groups in total. The first-order valence-corrected chi connectivity index (χ1v) is 8.32. The smallest absolute Gasteiger partial charge is 0.254 e. The Morgan fingerprint density at radius 1 is 1.17 bits per heavy atom. The maximum atomic E-state index is 4.53. The third kappa shape index (κ3) is 3.89. The van der Waals surface area contributed by atoms with Gasteiger partial charge in [-0.1, -0.05) is 37.6 Å².